The van der Waals surface area contributed by atoms with E-state index in [0.717, 1.165) is 19.4 Å². The molecule has 0 amide bonds. The minimum atomic E-state index is -0.353. The Morgan fingerprint density at radius 3 is 2.58 bits per heavy atom. The number of halogens is 2. The van der Waals surface area contributed by atoms with Crippen LogP contribution >= 0.6 is 24.0 Å². The Kier molecular flexibility index (Phi) is 14.9. The average molecular weight is 478 g/mol. The summed E-state index contributed by atoms with van der Waals surface area (Å²) >= 11 is 0. The number of nitrogens with zero attached hydrogens (tertiary/aromatic N) is 2. The van der Waals surface area contributed by atoms with Crippen LogP contribution in [0, 0.1) is 17.1 Å². The molecule has 0 saturated carbocycles. The van der Waals surface area contributed by atoms with Gasteiger partial charge in [0.25, 0.3) is 0 Å². The molecule has 0 heterocycles. The SMILES string of the molecule is CCCCOCCOCCNC(=NC)NCc1cc(C#N)ccc1F.I. The largest absolute Gasteiger partial charge is 0.379 e. The molecule has 26 heavy (non-hydrogen) atoms. The van der Waals surface area contributed by atoms with Crippen molar-refractivity contribution in [3.05, 3.63) is 35.1 Å². The van der Waals surface area contributed by atoms with Gasteiger partial charge in [0.2, 0.25) is 0 Å². The minimum Gasteiger partial charge on any atom is -0.379 e. The number of nitriles is 1. The summed E-state index contributed by atoms with van der Waals surface area (Å²) in [6, 6.07) is 6.27. The zero-order valence-corrected chi connectivity index (χ0v) is 17.7. The molecule has 1 rings (SSSR count). The Bertz CT molecular complexity index is 579. The summed E-state index contributed by atoms with van der Waals surface area (Å²) in [6.45, 7) is 5.41. The number of benzene rings is 1. The van der Waals surface area contributed by atoms with Gasteiger partial charge >= 0.3 is 0 Å². The van der Waals surface area contributed by atoms with Gasteiger partial charge in [-0.1, -0.05) is 13.3 Å². The van der Waals surface area contributed by atoms with Gasteiger partial charge in [-0.15, -0.1) is 24.0 Å². The number of rotatable bonds is 11. The molecule has 0 aliphatic heterocycles. The van der Waals surface area contributed by atoms with Gasteiger partial charge in [-0.25, -0.2) is 4.39 Å². The lowest BCUT2D eigenvalue weighted by molar-refractivity contribution is 0.0487. The first-order valence-corrected chi connectivity index (χ1v) is 8.49. The highest BCUT2D eigenvalue weighted by Crippen LogP contribution is 2.09. The summed E-state index contributed by atoms with van der Waals surface area (Å²) in [7, 11) is 1.64. The van der Waals surface area contributed by atoms with Crippen LogP contribution in [0.3, 0.4) is 0 Å². The van der Waals surface area contributed by atoms with Crippen molar-refractivity contribution in [1.29, 1.82) is 5.26 Å². The summed E-state index contributed by atoms with van der Waals surface area (Å²) in [5.74, 6) is 0.193. The number of ether oxygens (including phenoxy) is 2. The van der Waals surface area contributed by atoms with E-state index in [1.165, 1.54) is 18.2 Å². The molecule has 0 spiro atoms. The lowest BCUT2D eigenvalue weighted by Crippen LogP contribution is -2.38. The van der Waals surface area contributed by atoms with E-state index in [4.69, 9.17) is 14.7 Å². The van der Waals surface area contributed by atoms with E-state index in [1.807, 2.05) is 6.07 Å². The highest BCUT2D eigenvalue weighted by molar-refractivity contribution is 14.0. The summed E-state index contributed by atoms with van der Waals surface area (Å²) in [4.78, 5) is 4.07. The van der Waals surface area contributed by atoms with Crippen molar-refractivity contribution in [2.24, 2.45) is 4.99 Å². The molecule has 6 nitrogen and oxygen atoms in total. The third-order valence-corrected chi connectivity index (χ3v) is 3.40. The van der Waals surface area contributed by atoms with E-state index >= 15 is 0 Å². The molecule has 1 aromatic rings. The molecule has 0 atom stereocenters. The normalized spacial score (nSPS) is 10.8. The third-order valence-electron chi connectivity index (χ3n) is 3.40. The Morgan fingerprint density at radius 1 is 1.19 bits per heavy atom. The number of nitrogens with one attached hydrogen (secondary N) is 2. The van der Waals surface area contributed by atoms with Gasteiger partial charge in [0.05, 0.1) is 31.5 Å². The van der Waals surface area contributed by atoms with Gasteiger partial charge in [0, 0.05) is 32.3 Å². The van der Waals surface area contributed by atoms with Crippen molar-refractivity contribution in [3.8, 4) is 6.07 Å². The molecule has 0 saturated heterocycles. The molecule has 0 fully saturated rings. The predicted molar refractivity (Wildman–Crippen MR) is 111 cm³/mol. The fourth-order valence-corrected chi connectivity index (χ4v) is 1.99. The van der Waals surface area contributed by atoms with Crippen LogP contribution in [0.4, 0.5) is 4.39 Å². The van der Waals surface area contributed by atoms with Crippen molar-refractivity contribution in [2.75, 3.05) is 40.0 Å². The standard InChI is InChI=1S/C18H27FN4O2.HI/c1-3-4-8-24-10-11-25-9-7-22-18(21-2)23-14-16-12-15(13-20)5-6-17(16)19;/h5-6,12H,3-4,7-11,14H2,1-2H3,(H2,21,22,23);1H. The Labute approximate surface area is 172 Å². The maximum absolute atomic E-state index is 13.7. The summed E-state index contributed by atoms with van der Waals surface area (Å²) in [6.07, 6.45) is 2.20. The van der Waals surface area contributed by atoms with Crippen molar-refractivity contribution < 1.29 is 13.9 Å². The smallest absolute Gasteiger partial charge is 0.191 e. The van der Waals surface area contributed by atoms with Crippen LogP contribution in [0.5, 0.6) is 0 Å². The van der Waals surface area contributed by atoms with Gasteiger partial charge in [-0.2, -0.15) is 5.26 Å². The quantitative estimate of drug-likeness (QED) is 0.221. The van der Waals surface area contributed by atoms with Crippen molar-refractivity contribution in [3.63, 3.8) is 0 Å². The first kappa shape index (κ1) is 24.6. The van der Waals surface area contributed by atoms with Crippen LogP contribution < -0.4 is 10.6 Å². The molecule has 0 aliphatic carbocycles. The second kappa shape index (κ2) is 15.8. The molecule has 0 aromatic heterocycles. The molecular formula is C18H28FIN4O2. The maximum atomic E-state index is 13.7. The van der Waals surface area contributed by atoms with Crippen molar-refractivity contribution in [1.82, 2.24) is 10.6 Å². The van der Waals surface area contributed by atoms with Crippen molar-refractivity contribution in [2.45, 2.75) is 26.3 Å². The van der Waals surface area contributed by atoms with E-state index < -0.39 is 0 Å². The van der Waals surface area contributed by atoms with Gasteiger partial charge in [0.15, 0.2) is 5.96 Å². The molecule has 0 radical (unpaired) electrons. The van der Waals surface area contributed by atoms with Gasteiger partial charge < -0.3 is 20.1 Å². The molecule has 2 N–H and O–H groups in total. The van der Waals surface area contributed by atoms with Crippen LogP contribution in [-0.2, 0) is 16.0 Å². The molecule has 0 unspecified atom stereocenters. The molecule has 0 bridgehead atoms. The van der Waals surface area contributed by atoms with E-state index in [1.54, 1.807) is 7.05 Å². The average Bonchev–Trinajstić information content (AvgIpc) is 2.64. The van der Waals surface area contributed by atoms with E-state index in [0.29, 0.717) is 43.5 Å². The van der Waals surface area contributed by atoms with Crippen LogP contribution in [0.1, 0.15) is 30.9 Å². The monoisotopic (exact) mass is 478 g/mol. The number of unbranched alkanes of at least 4 members (excludes halogenated alkanes) is 1. The number of guanidine groups is 1. The van der Waals surface area contributed by atoms with Crippen LogP contribution in [0.15, 0.2) is 23.2 Å². The fraction of sp³-hybridized carbons (Fsp3) is 0.556. The van der Waals surface area contributed by atoms with E-state index in [-0.39, 0.29) is 36.3 Å². The number of hydrogen-bond acceptors (Lipinski definition) is 4. The lowest BCUT2D eigenvalue weighted by Gasteiger charge is -2.12. The maximum Gasteiger partial charge on any atom is 0.191 e. The number of aliphatic imine (C=N–C) groups is 1. The van der Waals surface area contributed by atoms with Gasteiger partial charge in [-0.05, 0) is 24.6 Å². The van der Waals surface area contributed by atoms with E-state index in [9.17, 15) is 4.39 Å². The summed E-state index contributed by atoms with van der Waals surface area (Å²) in [5, 5.41) is 15.0. The second-order valence-corrected chi connectivity index (χ2v) is 5.35. The zero-order valence-electron chi connectivity index (χ0n) is 15.4. The number of hydrogen-bond donors (Lipinski definition) is 2. The molecule has 8 heteroatoms. The topological polar surface area (TPSA) is 78.7 Å². The fourth-order valence-electron chi connectivity index (χ4n) is 1.99. The Morgan fingerprint density at radius 2 is 1.92 bits per heavy atom. The summed E-state index contributed by atoms with van der Waals surface area (Å²) in [5.41, 5.74) is 0.846. The van der Waals surface area contributed by atoms with Crippen LogP contribution in [0.25, 0.3) is 0 Å². The van der Waals surface area contributed by atoms with Gasteiger partial charge in [0.1, 0.15) is 5.82 Å². The Balaban J connectivity index is 0.00000625. The van der Waals surface area contributed by atoms with Crippen LogP contribution in [0.2, 0.25) is 0 Å². The molecule has 146 valence electrons. The van der Waals surface area contributed by atoms with E-state index in [2.05, 4.69) is 22.5 Å². The molecule has 1 aromatic carbocycles. The molecular weight excluding hydrogens is 450 g/mol. The third kappa shape index (κ3) is 10.5. The zero-order chi connectivity index (χ0) is 18.3. The second-order valence-electron chi connectivity index (χ2n) is 5.35. The lowest BCUT2D eigenvalue weighted by atomic mass is 10.1. The van der Waals surface area contributed by atoms with Crippen molar-refractivity contribution >= 4 is 29.9 Å². The first-order chi connectivity index (χ1) is 12.2. The highest BCUT2D eigenvalue weighted by Gasteiger charge is 2.05. The first-order valence-electron chi connectivity index (χ1n) is 8.49. The van der Waals surface area contributed by atoms with Crippen LogP contribution in [-0.4, -0.2) is 46.0 Å². The minimum absolute atomic E-state index is 0. The Hall–Kier alpha value is -1.44. The predicted octanol–water partition coefficient (Wildman–Crippen LogP) is 2.81. The van der Waals surface area contributed by atoms with Gasteiger partial charge in [-0.3, -0.25) is 4.99 Å². The highest BCUT2D eigenvalue weighted by atomic mass is 127. The molecule has 0 aliphatic rings. The summed E-state index contributed by atoms with van der Waals surface area (Å²) < 4.78 is 24.6.